The van der Waals surface area contributed by atoms with Gasteiger partial charge in [0, 0.05) is 17.8 Å². The molecule has 0 radical (unpaired) electrons. The number of benzene rings is 3. The van der Waals surface area contributed by atoms with Crippen LogP contribution in [0.5, 0.6) is 0 Å². The lowest BCUT2D eigenvalue weighted by Crippen LogP contribution is -2.14. The number of nitrogens with one attached hydrogen (secondary N) is 1. The molecule has 3 heteroatoms. The molecule has 27 heavy (non-hydrogen) atoms. The maximum Gasteiger partial charge on any atom is 0.255 e. The zero-order chi connectivity index (χ0) is 19.4. The Morgan fingerprint density at radius 2 is 1.56 bits per heavy atom. The minimum Gasteiger partial charge on any atom is -0.326 e. The molecule has 0 aromatic heterocycles. The van der Waals surface area contributed by atoms with Crippen molar-refractivity contribution in [3.8, 4) is 11.1 Å². The van der Waals surface area contributed by atoms with Gasteiger partial charge in [0.05, 0.1) is 0 Å². The van der Waals surface area contributed by atoms with E-state index in [1.807, 2.05) is 60.7 Å². The van der Waals surface area contributed by atoms with Crippen molar-refractivity contribution in [3.63, 3.8) is 0 Å². The molecule has 3 N–H and O–H groups in total. The molecule has 0 atom stereocenters. The van der Waals surface area contributed by atoms with Crippen molar-refractivity contribution in [2.75, 3.05) is 5.32 Å². The minimum atomic E-state index is -0.103. The molecule has 3 rings (SSSR count). The first-order valence-corrected chi connectivity index (χ1v) is 9.18. The van der Waals surface area contributed by atoms with Crippen LogP contribution in [0.25, 0.3) is 11.1 Å². The van der Waals surface area contributed by atoms with Gasteiger partial charge in [0.15, 0.2) is 0 Å². The molecule has 0 aliphatic heterocycles. The second-order valence-electron chi connectivity index (χ2n) is 7.76. The van der Waals surface area contributed by atoms with E-state index in [0.29, 0.717) is 12.1 Å². The lowest BCUT2D eigenvalue weighted by molar-refractivity contribution is 0.102. The molecule has 138 valence electrons. The van der Waals surface area contributed by atoms with E-state index in [0.717, 1.165) is 22.4 Å². The zero-order valence-corrected chi connectivity index (χ0v) is 16.1. The highest BCUT2D eigenvalue weighted by Crippen LogP contribution is 2.24. The number of hydrogen-bond donors (Lipinski definition) is 2. The number of carbonyl (C=O) groups is 1. The number of rotatable bonds is 4. The summed E-state index contributed by atoms with van der Waals surface area (Å²) in [5, 5.41) is 2.96. The van der Waals surface area contributed by atoms with Crippen molar-refractivity contribution in [2.24, 2.45) is 5.73 Å². The Hall–Kier alpha value is -2.91. The third-order valence-electron chi connectivity index (χ3n) is 4.65. The fourth-order valence-corrected chi connectivity index (χ4v) is 2.95. The van der Waals surface area contributed by atoms with E-state index in [1.54, 1.807) is 0 Å². The molecule has 0 spiro atoms. The predicted octanol–water partition coefficient (Wildman–Crippen LogP) is 5.36. The molecule has 0 saturated heterocycles. The van der Waals surface area contributed by atoms with Crippen molar-refractivity contribution >= 4 is 11.6 Å². The number of nitrogens with two attached hydrogens (primary N) is 1. The molecular weight excluding hydrogens is 332 g/mol. The van der Waals surface area contributed by atoms with Gasteiger partial charge in [-0.1, -0.05) is 63.2 Å². The van der Waals surface area contributed by atoms with Gasteiger partial charge in [-0.15, -0.1) is 0 Å². The average molecular weight is 358 g/mol. The molecule has 3 aromatic carbocycles. The summed E-state index contributed by atoms with van der Waals surface area (Å²) in [5.41, 5.74) is 11.7. The van der Waals surface area contributed by atoms with Gasteiger partial charge in [-0.2, -0.15) is 0 Å². The van der Waals surface area contributed by atoms with Crippen molar-refractivity contribution < 1.29 is 4.79 Å². The highest BCUT2D eigenvalue weighted by atomic mass is 16.1. The lowest BCUT2D eigenvalue weighted by Gasteiger charge is -2.19. The van der Waals surface area contributed by atoms with Crippen molar-refractivity contribution in [1.29, 1.82) is 0 Å². The molecule has 0 saturated carbocycles. The van der Waals surface area contributed by atoms with Crippen molar-refractivity contribution in [1.82, 2.24) is 0 Å². The van der Waals surface area contributed by atoms with E-state index in [4.69, 9.17) is 5.73 Å². The van der Waals surface area contributed by atoms with Gasteiger partial charge in [-0.05, 0) is 58.0 Å². The topological polar surface area (TPSA) is 55.1 Å². The van der Waals surface area contributed by atoms with E-state index in [9.17, 15) is 4.79 Å². The van der Waals surface area contributed by atoms with E-state index in [-0.39, 0.29) is 11.3 Å². The van der Waals surface area contributed by atoms with Gasteiger partial charge in [-0.3, -0.25) is 4.79 Å². The third-order valence-corrected chi connectivity index (χ3v) is 4.65. The van der Waals surface area contributed by atoms with Gasteiger partial charge in [-0.25, -0.2) is 0 Å². The minimum absolute atomic E-state index is 0.0754. The SMILES string of the molecule is CC(C)(C)c1ccc(C(=O)Nc2ccc(-c3cccc(CN)c3)cc2)cc1. The Morgan fingerprint density at radius 1 is 0.889 bits per heavy atom. The molecule has 0 aliphatic carbocycles. The van der Waals surface area contributed by atoms with Crippen molar-refractivity contribution in [3.05, 3.63) is 89.5 Å². The van der Waals surface area contributed by atoms with Crippen LogP contribution >= 0.6 is 0 Å². The monoisotopic (exact) mass is 358 g/mol. The van der Waals surface area contributed by atoms with Gasteiger partial charge in [0.2, 0.25) is 0 Å². The van der Waals surface area contributed by atoms with Crippen LogP contribution < -0.4 is 11.1 Å². The second-order valence-corrected chi connectivity index (χ2v) is 7.76. The quantitative estimate of drug-likeness (QED) is 0.659. The van der Waals surface area contributed by atoms with Crippen molar-refractivity contribution in [2.45, 2.75) is 32.7 Å². The summed E-state index contributed by atoms with van der Waals surface area (Å²) >= 11 is 0. The highest BCUT2D eigenvalue weighted by Gasteiger charge is 2.14. The summed E-state index contributed by atoms with van der Waals surface area (Å²) in [6.45, 7) is 7.00. The normalized spacial score (nSPS) is 11.3. The number of amides is 1. The van der Waals surface area contributed by atoms with Gasteiger partial charge < -0.3 is 11.1 Å². The Balaban J connectivity index is 1.71. The standard InChI is InChI=1S/C24H26N2O/c1-24(2,3)21-11-7-19(8-12-21)23(27)26-22-13-9-18(10-14-22)20-6-4-5-17(15-20)16-25/h4-15H,16,25H2,1-3H3,(H,26,27). The second kappa shape index (κ2) is 7.77. The molecule has 0 aliphatic rings. The number of anilines is 1. The maximum atomic E-state index is 12.5. The number of carbonyl (C=O) groups excluding carboxylic acids is 1. The summed E-state index contributed by atoms with van der Waals surface area (Å²) in [6.07, 6.45) is 0. The first-order valence-electron chi connectivity index (χ1n) is 9.18. The fourth-order valence-electron chi connectivity index (χ4n) is 2.95. The van der Waals surface area contributed by atoms with Crippen LogP contribution in [0.1, 0.15) is 42.3 Å². The first-order chi connectivity index (χ1) is 12.9. The summed E-state index contributed by atoms with van der Waals surface area (Å²) < 4.78 is 0. The highest BCUT2D eigenvalue weighted by molar-refractivity contribution is 6.04. The van der Waals surface area contributed by atoms with Crippen LogP contribution in [0.15, 0.2) is 72.8 Å². The first kappa shape index (κ1) is 18.9. The summed E-state index contributed by atoms with van der Waals surface area (Å²) in [7, 11) is 0. The zero-order valence-electron chi connectivity index (χ0n) is 16.1. The van der Waals surface area contributed by atoms with Gasteiger partial charge in [0.25, 0.3) is 5.91 Å². The molecule has 3 nitrogen and oxygen atoms in total. The molecule has 0 heterocycles. The summed E-state index contributed by atoms with van der Waals surface area (Å²) in [4.78, 5) is 12.5. The van der Waals surface area contributed by atoms with Crippen LogP contribution in [-0.2, 0) is 12.0 Å². The van der Waals surface area contributed by atoms with Gasteiger partial charge in [0.1, 0.15) is 0 Å². The van der Waals surface area contributed by atoms with Gasteiger partial charge >= 0.3 is 0 Å². The lowest BCUT2D eigenvalue weighted by atomic mass is 9.87. The average Bonchev–Trinajstić information content (AvgIpc) is 2.68. The van der Waals surface area contributed by atoms with Crippen LogP contribution in [0.2, 0.25) is 0 Å². The predicted molar refractivity (Wildman–Crippen MR) is 113 cm³/mol. The fraction of sp³-hybridized carbons (Fsp3) is 0.208. The van der Waals surface area contributed by atoms with Crippen LogP contribution in [-0.4, -0.2) is 5.91 Å². The largest absolute Gasteiger partial charge is 0.326 e. The van der Waals surface area contributed by atoms with Crippen LogP contribution in [0.4, 0.5) is 5.69 Å². The number of hydrogen-bond acceptors (Lipinski definition) is 2. The van der Waals surface area contributed by atoms with Crippen LogP contribution in [0, 0.1) is 0 Å². The Morgan fingerprint density at radius 3 is 2.15 bits per heavy atom. The molecule has 1 amide bonds. The van der Waals surface area contributed by atoms with E-state index < -0.39 is 0 Å². The summed E-state index contributed by atoms with van der Waals surface area (Å²) in [6, 6.07) is 23.8. The molecule has 0 bridgehead atoms. The molecule has 0 fully saturated rings. The maximum absolute atomic E-state index is 12.5. The Labute approximate surface area is 161 Å². The van der Waals surface area contributed by atoms with E-state index >= 15 is 0 Å². The molecule has 0 unspecified atom stereocenters. The van der Waals surface area contributed by atoms with Crippen LogP contribution in [0.3, 0.4) is 0 Å². The Kier molecular flexibility index (Phi) is 5.43. The molecule has 3 aromatic rings. The summed E-state index contributed by atoms with van der Waals surface area (Å²) in [5.74, 6) is -0.103. The molecular formula is C24H26N2O. The van der Waals surface area contributed by atoms with E-state index in [2.05, 4.69) is 38.2 Å². The Bertz CT molecular complexity index is 920. The third kappa shape index (κ3) is 4.63. The smallest absolute Gasteiger partial charge is 0.255 e. The van der Waals surface area contributed by atoms with E-state index in [1.165, 1.54) is 5.56 Å².